The summed E-state index contributed by atoms with van der Waals surface area (Å²) in [6.07, 6.45) is 2.58. The number of nitrogens with one attached hydrogen (secondary N) is 1. The molecule has 5 heteroatoms. The van der Waals surface area contributed by atoms with Crippen LogP contribution in [0.2, 0.25) is 0 Å². The Morgan fingerprint density at radius 1 is 1.30 bits per heavy atom. The number of carbonyl (C=O) groups excluding carboxylic acids is 1. The standard InChI is InChI=1S/C15H22N2O3/c1-10-7-13(8-11(2)20-10)17-12-3-5-14(6-4-12)19-9-15(16)18/h3-6,10-11,13,17H,7-9H2,1-2H3,(H2,16,18). The van der Waals surface area contributed by atoms with Gasteiger partial charge in [-0.15, -0.1) is 0 Å². The molecule has 2 rings (SSSR count). The average Bonchev–Trinajstić information content (AvgIpc) is 2.36. The molecule has 0 aliphatic carbocycles. The molecule has 1 amide bonds. The highest BCUT2D eigenvalue weighted by Gasteiger charge is 2.24. The Bertz CT molecular complexity index is 437. The number of primary amides is 1. The summed E-state index contributed by atoms with van der Waals surface area (Å²) >= 11 is 0. The molecule has 1 saturated heterocycles. The molecule has 1 aliphatic heterocycles. The number of ether oxygens (including phenoxy) is 2. The van der Waals surface area contributed by atoms with E-state index in [1.807, 2.05) is 24.3 Å². The lowest BCUT2D eigenvalue weighted by Gasteiger charge is -2.33. The van der Waals surface area contributed by atoms with E-state index in [2.05, 4.69) is 19.2 Å². The van der Waals surface area contributed by atoms with Gasteiger partial charge in [-0.1, -0.05) is 0 Å². The lowest BCUT2D eigenvalue weighted by atomic mass is 9.99. The zero-order chi connectivity index (χ0) is 14.5. The number of anilines is 1. The van der Waals surface area contributed by atoms with Crippen LogP contribution in [0, 0.1) is 0 Å². The monoisotopic (exact) mass is 278 g/mol. The van der Waals surface area contributed by atoms with Crippen LogP contribution in [0.1, 0.15) is 26.7 Å². The second-order valence-electron chi connectivity index (χ2n) is 5.35. The largest absolute Gasteiger partial charge is 0.484 e. The van der Waals surface area contributed by atoms with Crippen LogP contribution >= 0.6 is 0 Å². The van der Waals surface area contributed by atoms with Gasteiger partial charge in [0.1, 0.15) is 5.75 Å². The Balaban J connectivity index is 1.88. The van der Waals surface area contributed by atoms with Crippen LogP contribution in [0.4, 0.5) is 5.69 Å². The minimum atomic E-state index is -0.475. The predicted molar refractivity (Wildman–Crippen MR) is 77.8 cm³/mol. The third-order valence-electron chi connectivity index (χ3n) is 3.30. The zero-order valence-corrected chi connectivity index (χ0v) is 12.0. The van der Waals surface area contributed by atoms with Crippen molar-refractivity contribution >= 4 is 11.6 Å². The van der Waals surface area contributed by atoms with Gasteiger partial charge in [-0.05, 0) is 51.0 Å². The van der Waals surface area contributed by atoms with Gasteiger partial charge in [0, 0.05) is 11.7 Å². The normalized spacial score (nSPS) is 26.0. The summed E-state index contributed by atoms with van der Waals surface area (Å²) < 4.78 is 10.9. The van der Waals surface area contributed by atoms with Crippen molar-refractivity contribution in [3.63, 3.8) is 0 Å². The molecule has 1 aromatic carbocycles. The highest BCUT2D eigenvalue weighted by Crippen LogP contribution is 2.23. The van der Waals surface area contributed by atoms with Crippen molar-refractivity contribution in [1.29, 1.82) is 0 Å². The number of benzene rings is 1. The maximum atomic E-state index is 10.6. The molecule has 110 valence electrons. The van der Waals surface area contributed by atoms with Crippen molar-refractivity contribution in [1.82, 2.24) is 0 Å². The lowest BCUT2D eigenvalue weighted by Crippen LogP contribution is -2.36. The minimum Gasteiger partial charge on any atom is -0.484 e. The van der Waals surface area contributed by atoms with E-state index in [4.69, 9.17) is 15.2 Å². The second kappa shape index (κ2) is 6.61. The number of nitrogens with two attached hydrogens (primary N) is 1. The fourth-order valence-corrected chi connectivity index (χ4v) is 2.56. The van der Waals surface area contributed by atoms with Gasteiger partial charge in [-0.25, -0.2) is 0 Å². The molecule has 0 bridgehead atoms. The number of hydrogen-bond acceptors (Lipinski definition) is 4. The molecule has 2 unspecified atom stereocenters. The molecule has 1 fully saturated rings. The van der Waals surface area contributed by atoms with Crippen molar-refractivity contribution in [3.05, 3.63) is 24.3 Å². The van der Waals surface area contributed by atoms with E-state index < -0.39 is 5.91 Å². The molecular weight excluding hydrogens is 256 g/mol. The summed E-state index contributed by atoms with van der Waals surface area (Å²) in [7, 11) is 0. The fraction of sp³-hybridized carbons (Fsp3) is 0.533. The zero-order valence-electron chi connectivity index (χ0n) is 12.0. The van der Waals surface area contributed by atoms with Gasteiger partial charge in [0.25, 0.3) is 5.91 Å². The summed E-state index contributed by atoms with van der Waals surface area (Å²) in [5.74, 6) is 0.167. The Morgan fingerprint density at radius 3 is 2.45 bits per heavy atom. The van der Waals surface area contributed by atoms with E-state index in [0.29, 0.717) is 11.8 Å². The molecule has 0 aromatic heterocycles. The molecule has 1 aliphatic rings. The smallest absolute Gasteiger partial charge is 0.255 e. The van der Waals surface area contributed by atoms with Gasteiger partial charge in [-0.3, -0.25) is 4.79 Å². The summed E-state index contributed by atoms with van der Waals surface area (Å²) in [6.45, 7) is 4.11. The first-order valence-electron chi connectivity index (χ1n) is 6.96. The lowest BCUT2D eigenvalue weighted by molar-refractivity contribution is -0.119. The summed E-state index contributed by atoms with van der Waals surface area (Å²) in [5, 5.41) is 3.51. The van der Waals surface area contributed by atoms with Gasteiger partial charge in [0.15, 0.2) is 6.61 Å². The van der Waals surface area contributed by atoms with E-state index in [1.54, 1.807) is 0 Å². The molecule has 0 saturated carbocycles. The summed E-state index contributed by atoms with van der Waals surface area (Å²) in [5.41, 5.74) is 6.08. The fourth-order valence-electron chi connectivity index (χ4n) is 2.56. The minimum absolute atomic E-state index is 0.0955. The number of amides is 1. The summed E-state index contributed by atoms with van der Waals surface area (Å²) in [6, 6.07) is 7.98. The van der Waals surface area contributed by atoms with Crippen molar-refractivity contribution in [2.24, 2.45) is 5.73 Å². The van der Waals surface area contributed by atoms with Crippen LogP contribution in [0.25, 0.3) is 0 Å². The van der Waals surface area contributed by atoms with Gasteiger partial charge in [-0.2, -0.15) is 0 Å². The molecule has 0 spiro atoms. The van der Waals surface area contributed by atoms with E-state index in [9.17, 15) is 4.79 Å². The number of hydrogen-bond donors (Lipinski definition) is 2. The van der Waals surface area contributed by atoms with Crippen LogP contribution in [-0.2, 0) is 9.53 Å². The van der Waals surface area contributed by atoms with E-state index in [-0.39, 0.29) is 18.8 Å². The topological polar surface area (TPSA) is 73.6 Å². The van der Waals surface area contributed by atoms with Gasteiger partial charge in [0.2, 0.25) is 0 Å². The second-order valence-corrected chi connectivity index (χ2v) is 5.35. The first-order chi connectivity index (χ1) is 9.52. The maximum Gasteiger partial charge on any atom is 0.255 e. The van der Waals surface area contributed by atoms with Crippen molar-refractivity contribution in [3.8, 4) is 5.75 Å². The Morgan fingerprint density at radius 2 is 1.90 bits per heavy atom. The molecule has 0 radical (unpaired) electrons. The summed E-state index contributed by atoms with van der Waals surface area (Å²) in [4.78, 5) is 10.6. The Hall–Kier alpha value is -1.75. The number of rotatable bonds is 5. The van der Waals surface area contributed by atoms with Crippen LogP contribution in [0.5, 0.6) is 5.75 Å². The van der Waals surface area contributed by atoms with Crippen molar-refractivity contribution in [2.75, 3.05) is 11.9 Å². The van der Waals surface area contributed by atoms with Crippen LogP contribution in [0.15, 0.2) is 24.3 Å². The van der Waals surface area contributed by atoms with Gasteiger partial charge < -0.3 is 20.5 Å². The quantitative estimate of drug-likeness (QED) is 0.863. The van der Waals surface area contributed by atoms with Gasteiger partial charge in [0.05, 0.1) is 12.2 Å². The molecule has 1 aromatic rings. The highest BCUT2D eigenvalue weighted by molar-refractivity contribution is 5.75. The van der Waals surface area contributed by atoms with Crippen molar-refractivity contribution < 1.29 is 14.3 Å². The Kier molecular flexibility index (Phi) is 4.84. The third-order valence-corrected chi connectivity index (χ3v) is 3.30. The maximum absolute atomic E-state index is 10.6. The molecule has 3 N–H and O–H groups in total. The van der Waals surface area contributed by atoms with E-state index >= 15 is 0 Å². The van der Waals surface area contributed by atoms with Crippen LogP contribution in [0.3, 0.4) is 0 Å². The first kappa shape index (κ1) is 14.7. The SMILES string of the molecule is CC1CC(Nc2ccc(OCC(N)=O)cc2)CC(C)O1. The van der Waals surface area contributed by atoms with E-state index in [1.165, 1.54) is 0 Å². The Labute approximate surface area is 119 Å². The van der Waals surface area contributed by atoms with E-state index in [0.717, 1.165) is 18.5 Å². The third kappa shape index (κ3) is 4.42. The average molecular weight is 278 g/mol. The highest BCUT2D eigenvalue weighted by atomic mass is 16.5. The van der Waals surface area contributed by atoms with Crippen molar-refractivity contribution in [2.45, 2.75) is 44.9 Å². The molecular formula is C15H22N2O3. The van der Waals surface area contributed by atoms with Crippen LogP contribution < -0.4 is 15.8 Å². The molecule has 5 nitrogen and oxygen atoms in total. The predicted octanol–water partition coefficient (Wildman–Crippen LogP) is 1.92. The first-order valence-corrected chi connectivity index (χ1v) is 6.96. The van der Waals surface area contributed by atoms with Crippen LogP contribution in [-0.4, -0.2) is 30.8 Å². The van der Waals surface area contributed by atoms with Gasteiger partial charge >= 0.3 is 0 Å². The molecule has 20 heavy (non-hydrogen) atoms. The number of carbonyl (C=O) groups is 1. The molecule has 1 heterocycles. The molecule has 2 atom stereocenters.